The Hall–Kier alpha value is -2.87. The third-order valence-electron chi connectivity index (χ3n) is 5.95. The predicted octanol–water partition coefficient (Wildman–Crippen LogP) is 2.80. The van der Waals surface area contributed by atoms with Gasteiger partial charge in [-0.2, -0.15) is 0 Å². The number of nitrogens with one attached hydrogen (secondary N) is 1. The van der Waals surface area contributed by atoms with Gasteiger partial charge in [0.05, 0.1) is 11.5 Å². The fourth-order valence-corrected chi connectivity index (χ4v) is 5.92. The van der Waals surface area contributed by atoms with Gasteiger partial charge in [0, 0.05) is 5.92 Å². The Morgan fingerprint density at radius 3 is 2.07 bits per heavy atom. The zero-order valence-electron chi connectivity index (χ0n) is 16.3. The minimum Gasteiger partial charge on any atom is -0.480 e. The molecule has 1 aliphatic heterocycles. The number of aliphatic carboxylic acids is 1. The van der Waals surface area contributed by atoms with Gasteiger partial charge in [0.2, 0.25) is 0 Å². The van der Waals surface area contributed by atoms with E-state index >= 15 is 0 Å². The molecule has 30 heavy (non-hydrogen) atoms. The van der Waals surface area contributed by atoms with Crippen LogP contribution in [0.5, 0.6) is 0 Å². The fraction of sp³-hybridized carbons (Fsp3) is 0.364. The lowest BCUT2D eigenvalue weighted by Crippen LogP contribution is -2.48. The van der Waals surface area contributed by atoms with Gasteiger partial charge in [0.1, 0.15) is 22.5 Å². The molecule has 1 atom stereocenters. The van der Waals surface area contributed by atoms with Crippen LogP contribution in [0, 0.1) is 5.92 Å². The molecule has 1 amide bonds. The van der Waals surface area contributed by atoms with Gasteiger partial charge in [0.25, 0.3) is 0 Å². The van der Waals surface area contributed by atoms with E-state index < -0.39 is 33.9 Å². The topological polar surface area (TPSA) is 110 Å². The molecule has 1 saturated heterocycles. The SMILES string of the molecule is O=C(NC(C(=O)O)C1CCS(=O)(=O)CC1)OCC1c2ccccc2-c2ccccc21. The van der Waals surface area contributed by atoms with Crippen LogP contribution >= 0.6 is 0 Å². The molecule has 7 nitrogen and oxygen atoms in total. The van der Waals surface area contributed by atoms with Crippen LogP contribution in [0.2, 0.25) is 0 Å². The van der Waals surface area contributed by atoms with Crippen LogP contribution in [-0.4, -0.2) is 49.7 Å². The number of hydrogen-bond donors (Lipinski definition) is 2. The van der Waals surface area contributed by atoms with Crippen LogP contribution in [0.15, 0.2) is 48.5 Å². The van der Waals surface area contributed by atoms with Gasteiger partial charge in [-0.3, -0.25) is 0 Å². The molecule has 8 heteroatoms. The van der Waals surface area contributed by atoms with Crippen LogP contribution in [0.1, 0.15) is 29.9 Å². The molecule has 2 aromatic rings. The summed E-state index contributed by atoms with van der Waals surface area (Å²) in [5.41, 5.74) is 4.35. The highest BCUT2D eigenvalue weighted by atomic mass is 32.2. The summed E-state index contributed by atoms with van der Waals surface area (Å²) in [7, 11) is -3.12. The van der Waals surface area contributed by atoms with E-state index in [-0.39, 0.29) is 36.9 Å². The molecule has 0 aromatic heterocycles. The summed E-state index contributed by atoms with van der Waals surface area (Å²) in [6.45, 7) is 0.0885. The number of amides is 1. The average Bonchev–Trinajstić information content (AvgIpc) is 3.04. The standard InChI is InChI=1S/C22H23NO6S/c24-21(25)20(14-9-11-30(27,28)12-10-14)23-22(26)29-13-19-17-7-3-1-5-15(17)16-6-2-4-8-18(16)19/h1-8,14,19-20H,9-13H2,(H,23,26)(H,24,25). The van der Waals surface area contributed by atoms with Crippen molar-refractivity contribution in [3.8, 4) is 11.1 Å². The van der Waals surface area contributed by atoms with Crippen molar-refractivity contribution in [1.82, 2.24) is 5.32 Å². The van der Waals surface area contributed by atoms with Gasteiger partial charge in [-0.25, -0.2) is 18.0 Å². The van der Waals surface area contributed by atoms with Crippen molar-refractivity contribution in [3.63, 3.8) is 0 Å². The summed E-state index contributed by atoms with van der Waals surface area (Å²) in [5.74, 6) is -1.87. The normalized spacial score (nSPS) is 18.8. The number of carbonyl (C=O) groups is 2. The Morgan fingerprint density at radius 1 is 1.00 bits per heavy atom. The van der Waals surface area contributed by atoms with Gasteiger partial charge in [-0.15, -0.1) is 0 Å². The summed E-state index contributed by atoms with van der Waals surface area (Å²) < 4.78 is 28.6. The van der Waals surface area contributed by atoms with E-state index in [0.29, 0.717) is 0 Å². The van der Waals surface area contributed by atoms with Crippen molar-refractivity contribution >= 4 is 21.9 Å². The molecule has 158 valence electrons. The van der Waals surface area contributed by atoms with Gasteiger partial charge in [-0.05, 0) is 41.0 Å². The lowest BCUT2D eigenvalue weighted by Gasteiger charge is -2.27. The lowest BCUT2D eigenvalue weighted by atomic mass is 9.94. The minimum absolute atomic E-state index is 0.0617. The van der Waals surface area contributed by atoms with E-state index in [1.807, 2.05) is 48.5 Å². The highest BCUT2D eigenvalue weighted by Crippen LogP contribution is 2.44. The highest BCUT2D eigenvalue weighted by molar-refractivity contribution is 7.91. The summed E-state index contributed by atoms with van der Waals surface area (Å²) in [4.78, 5) is 24.1. The molecule has 2 aromatic carbocycles. The van der Waals surface area contributed by atoms with Gasteiger partial charge in [-0.1, -0.05) is 48.5 Å². The van der Waals surface area contributed by atoms with E-state index in [4.69, 9.17) is 4.74 Å². The second kappa shape index (κ2) is 8.10. The number of rotatable bonds is 5. The van der Waals surface area contributed by atoms with Crippen molar-refractivity contribution in [3.05, 3.63) is 59.7 Å². The maximum absolute atomic E-state index is 12.4. The molecule has 2 aliphatic rings. The lowest BCUT2D eigenvalue weighted by molar-refractivity contribution is -0.141. The quantitative estimate of drug-likeness (QED) is 0.756. The van der Waals surface area contributed by atoms with Gasteiger partial charge < -0.3 is 15.2 Å². The van der Waals surface area contributed by atoms with Gasteiger partial charge in [0.15, 0.2) is 0 Å². The molecule has 1 heterocycles. The number of fused-ring (bicyclic) bond motifs is 3. The summed E-state index contributed by atoms with van der Waals surface area (Å²) in [5, 5.41) is 12.0. The van der Waals surface area contributed by atoms with Crippen molar-refractivity contribution in [2.75, 3.05) is 18.1 Å². The number of benzene rings is 2. The molecule has 0 radical (unpaired) electrons. The third kappa shape index (κ3) is 4.05. The highest BCUT2D eigenvalue weighted by Gasteiger charge is 2.35. The number of hydrogen-bond acceptors (Lipinski definition) is 5. The molecule has 4 rings (SSSR count). The molecular formula is C22H23NO6S. The van der Waals surface area contributed by atoms with Crippen molar-refractivity contribution < 1.29 is 27.9 Å². The zero-order chi connectivity index (χ0) is 21.3. The van der Waals surface area contributed by atoms with E-state index in [9.17, 15) is 23.1 Å². The Bertz CT molecular complexity index is 1020. The van der Waals surface area contributed by atoms with Crippen LogP contribution < -0.4 is 5.32 Å². The summed E-state index contributed by atoms with van der Waals surface area (Å²) in [6.07, 6.45) is -0.385. The fourth-order valence-electron chi connectivity index (χ4n) is 4.39. The first-order valence-corrected chi connectivity index (χ1v) is 11.7. The van der Waals surface area contributed by atoms with Crippen molar-refractivity contribution in [1.29, 1.82) is 0 Å². The maximum Gasteiger partial charge on any atom is 0.407 e. The average molecular weight is 429 g/mol. The second-order valence-electron chi connectivity index (χ2n) is 7.78. The van der Waals surface area contributed by atoms with E-state index in [0.717, 1.165) is 22.3 Å². The number of carbonyl (C=O) groups excluding carboxylic acids is 1. The summed E-state index contributed by atoms with van der Waals surface area (Å²) in [6, 6.07) is 14.7. The summed E-state index contributed by atoms with van der Waals surface area (Å²) >= 11 is 0. The Morgan fingerprint density at radius 2 is 1.53 bits per heavy atom. The third-order valence-corrected chi connectivity index (χ3v) is 7.67. The molecule has 1 fully saturated rings. The van der Waals surface area contributed by atoms with E-state index in [2.05, 4.69) is 5.32 Å². The minimum atomic E-state index is -3.12. The first kappa shape index (κ1) is 20.4. The molecular weight excluding hydrogens is 406 g/mol. The van der Waals surface area contributed by atoms with Crippen LogP contribution in [0.4, 0.5) is 4.79 Å². The number of sulfone groups is 1. The zero-order valence-corrected chi connectivity index (χ0v) is 17.1. The van der Waals surface area contributed by atoms with Crippen LogP contribution in [0.25, 0.3) is 11.1 Å². The van der Waals surface area contributed by atoms with Crippen LogP contribution in [-0.2, 0) is 19.4 Å². The van der Waals surface area contributed by atoms with Gasteiger partial charge >= 0.3 is 12.1 Å². The number of carboxylic acids is 1. The number of alkyl carbamates (subject to hydrolysis) is 1. The Balaban J connectivity index is 1.43. The molecule has 1 aliphatic carbocycles. The van der Waals surface area contributed by atoms with Crippen LogP contribution in [0.3, 0.4) is 0 Å². The molecule has 0 bridgehead atoms. The number of carboxylic acid groups (broad SMARTS) is 1. The predicted molar refractivity (Wildman–Crippen MR) is 111 cm³/mol. The largest absolute Gasteiger partial charge is 0.480 e. The monoisotopic (exact) mass is 429 g/mol. The Kier molecular flexibility index (Phi) is 5.51. The molecule has 0 saturated carbocycles. The molecule has 0 spiro atoms. The van der Waals surface area contributed by atoms with Crippen molar-refractivity contribution in [2.24, 2.45) is 5.92 Å². The van der Waals surface area contributed by atoms with E-state index in [1.165, 1.54) is 0 Å². The Labute approximate surface area is 175 Å². The molecule has 1 unspecified atom stereocenters. The van der Waals surface area contributed by atoms with E-state index in [1.54, 1.807) is 0 Å². The number of ether oxygens (including phenoxy) is 1. The molecule has 2 N–H and O–H groups in total. The smallest absolute Gasteiger partial charge is 0.407 e. The second-order valence-corrected chi connectivity index (χ2v) is 10.1. The first-order valence-electron chi connectivity index (χ1n) is 9.90. The van der Waals surface area contributed by atoms with Crippen molar-refractivity contribution in [2.45, 2.75) is 24.8 Å². The first-order chi connectivity index (χ1) is 14.4. The maximum atomic E-state index is 12.4.